The van der Waals surface area contributed by atoms with Gasteiger partial charge in [-0.3, -0.25) is 0 Å². The minimum absolute atomic E-state index is 0.139. The third-order valence-electron chi connectivity index (χ3n) is 2.93. The van der Waals surface area contributed by atoms with E-state index in [9.17, 15) is 17.6 Å². The number of hydrogen-bond donors (Lipinski definition) is 1. The second-order valence-corrected chi connectivity index (χ2v) is 5.65. The van der Waals surface area contributed by atoms with Gasteiger partial charge in [0.05, 0.1) is 11.8 Å². The first-order valence-corrected chi connectivity index (χ1v) is 7.76. The quantitative estimate of drug-likeness (QED) is 0.372. The first-order valence-electron chi connectivity index (χ1n) is 6.77. The van der Waals surface area contributed by atoms with Crippen molar-refractivity contribution < 1.29 is 17.6 Å². The molecule has 0 aliphatic carbocycles. The fraction of sp³-hybridized carbons (Fsp3) is 0.125. The number of nitrogens with zero attached hydrogens (tertiary/aromatic N) is 2. The Labute approximate surface area is 140 Å². The van der Waals surface area contributed by atoms with Crippen LogP contribution in [0.15, 0.2) is 52.7 Å². The van der Waals surface area contributed by atoms with Gasteiger partial charge < -0.3 is 5.73 Å². The summed E-state index contributed by atoms with van der Waals surface area (Å²) in [7, 11) is 0. The Morgan fingerprint density at radius 1 is 1.12 bits per heavy atom. The molecule has 0 amide bonds. The van der Waals surface area contributed by atoms with E-state index in [4.69, 9.17) is 5.73 Å². The van der Waals surface area contributed by atoms with Gasteiger partial charge in [0.2, 0.25) is 0 Å². The van der Waals surface area contributed by atoms with E-state index in [1.54, 1.807) is 0 Å². The van der Waals surface area contributed by atoms with Crippen molar-refractivity contribution in [1.82, 2.24) is 0 Å². The molecule has 0 spiro atoms. The van der Waals surface area contributed by atoms with Crippen LogP contribution in [0.3, 0.4) is 0 Å². The van der Waals surface area contributed by atoms with Gasteiger partial charge in [0, 0.05) is 11.3 Å². The summed E-state index contributed by atoms with van der Waals surface area (Å²) >= 11 is 1.23. The maximum absolute atomic E-state index is 13.6. The molecule has 0 aromatic heterocycles. The van der Waals surface area contributed by atoms with Crippen molar-refractivity contribution in [3.63, 3.8) is 0 Å². The molecule has 0 atom stereocenters. The van der Waals surface area contributed by atoms with E-state index in [2.05, 4.69) is 10.2 Å². The zero-order valence-electron chi connectivity index (χ0n) is 12.3. The number of amidine groups is 1. The first kappa shape index (κ1) is 18.0. The van der Waals surface area contributed by atoms with Crippen LogP contribution < -0.4 is 5.73 Å². The van der Waals surface area contributed by atoms with Gasteiger partial charge in [0.25, 0.3) is 6.43 Å². The Kier molecular flexibility index (Phi) is 6.36. The van der Waals surface area contributed by atoms with Gasteiger partial charge >= 0.3 is 0 Å². The van der Waals surface area contributed by atoms with Crippen molar-refractivity contribution in [3.8, 4) is 0 Å². The maximum Gasteiger partial charge on any atom is 0.266 e. The number of nitrogens with two attached hydrogens (primary N) is 1. The Hall–Kier alpha value is -2.35. The number of benzene rings is 2. The summed E-state index contributed by atoms with van der Waals surface area (Å²) in [6.45, 7) is 0. The second-order valence-electron chi connectivity index (χ2n) is 4.65. The molecule has 0 aliphatic heterocycles. The molecule has 0 aliphatic rings. The number of halogens is 4. The van der Waals surface area contributed by atoms with Crippen LogP contribution in [-0.4, -0.2) is 11.4 Å². The summed E-state index contributed by atoms with van der Waals surface area (Å²) in [6.07, 6.45) is -2.17. The van der Waals surface area contributed by atoms with Crippen LogP contribution in [0.4, 0.5) is 17.6 Å². The fourth-order valence-electron chi connectivity index (χ4n) is 1.75. The molecule has 0 unspecified atom stereocenters. The number of alkyl halides is 2. The molecule has 126 valence electrons. The monoisotopic (exact) mass is 355 g/mol. The largest absolute Gasteiger partial charge is 0.377 e. The Morgan fingerprint density at radius 3 is 2.50 bits per heavy atom. The van der Waals surface area contributed by atoms with Crippen LogP contribution in [0.25, 0.3) is 0 Å². The number of rotatable bonds is 5. The molecule has 0 fully saturated rings. The minimum Gasteiger partial charge on any atom is -0.377 e. The average molecular weight is 355 g/mol. The molecular formula is C16H13F4N3S. The lowest BCUT2D eigenvalue weighted by Crippen LogP contribution is -2.06. The Morgan fingerprint density at radius 2 is 1.83 bits per heavy atom. The van der Waals surface area contributed by atoms with Crippen LogP contribution in [0.1, 0.15) is 23.1 Å². The smallest absolute Gasteiger partial charge is 0.266 e. The van der Waals surface area contributed by atoms with E-state index in [1.807, 2.05) is 30.3 Å². The Balaban J connectivity index is 2.01. The van der Waals surface area contributed by atoms with Crippen LogP contribution >= 0.6 is 11.8 Å². The third kappa shape index (κ3) is 5.09. The molecule has 2 rings (SSSR count). The molecule has 2 aromatic rings. The normalized spacial score (nSPS) is 12.3. The molecule has 2 aromatic carbocycles. The molecule has 2 N–H and O–H groups in total. The van der Waals surface area contributed by atoms with Crippen molar-refractivity contribution in [2.24, 2.45) is 15.9 Å². The zero-order chi connectivity index (χ0) is 17.5. The lowest BCUT2D eigenvalue weighted by Gasteiger charge is -2.03. The van der Waals surface area contributed by atoms with E-state index in [0.717, 1.165) is 11.8 Å². The molecule has 0 saturated heterocycles. The van der Waals surface area contributed by atoms with Gasteiger partial charge in [-0.25, -0.2) is 17.6 Å². The first-order chi connectivity index (χ1) is 11.5. The predicted molar refractivity (Wildman–Crippen MR) is 88.3 cm³/mol. The van der Waals surface area contributed by atoms with Crippen molar-refractivity contribution in [1.29, 1.82) is 0 Å². The van der Waals surface area contributed by atoms with Crippen LogP contribution in [0.2, 0.25) is 0 Å². The summed E-state index contributed by atoms with van der Waals surface area (Å²) in [6, 6.07) is 10.6. The van der Waals surface area contributed by atoms with Gasteiger partial charge in [-0.2, -0.15) is 5.10 Å². The average Bonchev–Trinajstić information content (AvgIpc) is 2.56. The van der Waals surface area contributed by atoms with E-state index in [1.165, 1.54) is 11.8 Å². The van der Waals surface area contributed by atoms with Crippen molar-refractivity contribution in [2.75, 3.05) is 0 Å². The van der Waals surface area contributed by atoms with E-state index < -0.39 is 23.6 Å². The summed E-state index contributed by atoms with van der Waals surface area (Å²) in [4.78, 5) is 0. The highest BCUT2D eigenvalue weighted by Gasteiger charge is 2.16. The van der Waals surface area contributed by atoms with Gasteiger partial charge in [-0.15, -0.1) is 5.10 Å². The highest BCUT2D eigenvalue weighted by Crippen LogP contribution is 2.24. The van der Waals surface area contributed by atoms with Gasteiger partial charge in [-0.05, 0) is 17.7 Å². The SMILES string of the molecule is NC(=NN=Cc1cc(F)c(C(F)F)cc1F)SCc1ccccc1. The molecule has 8 heteroatoms. The fourth-order valence-corrected chi connectivity index (χ4v) is 2.36. The number of thioether (sulfide) groups is 1. The molecule has 0 heterocycles. The van der Waals surface area contributed by atoms with E-state index in [-0.39, 0.29) is 10.7 Å². The van der Waals surface area contributed by atoms with Crippen LogP contribution in [-0.2, 0) is 5.75 Å². The molecule has 0 radical (unpaired) electrons. The molecular weight excluding hydrogens is 342 g/mol. The van der Waals surface area contributed by atoms with Gasteiger partial charge in [-0.1, -0.05) is 42.1 Å². The second kappa shape index (κ2) is 8.49. The molecule has 3 nitrogen and oxygen atoms in total. The van der Waals surface area contributed by atoms with Crippen LogP contribution in [0, 0.1) is 11.6 Å². The minimum atomic E-state index is -3.09. The summed E-state index contributed by atoms with van der Waals surface area (Å²) in [5.74, 6) is -1.64. The highest BCUT2D eigenvalue weighted by atomic mass is 32.2. The van der Waals surface area contributed by atoms with E-state index >= 15 is 0 Å². The standard InChI is InChI=1S/C16H13F4N3S/c17-13-7-12(15(19)20)14(18)6-11(13)8-22-23-16(21)24-9-10-4-2-1-3-5-10/h1-8,15H,9H2,(H2,21,23). The maximum atomic E-state index is 13.6. The van der Waals surface area contributed by atoms with Crippen molar-refractivity contribution in [2.45, 2.75) is 12.2 Å². The molecule has 0 bridgehead atoms. The lowest BCUT2D eigenvalue weighted by atomic mass is 10.1. The van der Waals surface area contributed by atoms with Gasteiger partial charge in [0.15, 0.2) is 5.17 Å². The summed E-state index contributed by atoms with van der Waals surface area (Å²) in [5.41, 5.74) is 5.41. The van der Waals surface area contributed by atoms with Crippen molar-refractivity contribution >= 4 is 23.1 Å². The summed E-state index contributed by atoms with van der Waals surface area (Å²) < 4.78 is 51.9. The van der Waals surface area contributed by atoms with E-state index in [0.29, 0.717) is 17.9 Å². The molecule has 0 saturated carbocycles. The number of hydrogen-bond acceptors (Lipinski definition) is 3. The predicted octanol–water partition coefficient (Wildman–Crippen LogP) is 4.48. The van der Waals surface area contributed by atoms with Crippen LogP contribution in [0.5, 0.6) is 0 Å². The summed E-state index contributed by atoms with van der Waals surface area (Å²) in [5, 5.41) is 7.34. The highest BCUT2D eigenvalue weighted by molar-refractivity contribution is 8.13. The Bertz CT molecular complexity index is 748. The molecule has 24 heavy (non-hydrogen) atoms. The third-order valence-corrected chi connectivity index (χ3v) is 3.79. The topological polar surface area (TPSA) is 50.7 Å². The van der Waals surface area contributed by atoms with Gasteiger partial charge in [0.1, 0.15) is 11.6 Å². The zero-order valence-corrected chi connectivity index (χ0v) is 13.1. The van der Waals surface area contributed by atoms with Crippen molar-refractivity contribution in [3.05, 3.63) is 70.8 Å². The lowest BCUT2D eigenvalue weighted by molar-refractivity contribution is 0.146.